The first-order valence-electron chi connectivity index (χ1n) is 7.10. The summed E-state index contributed by atoms with van der Waals surface area (Å²) in [5, 5.41) is 6.10. The second-order valence-electron chi connectivity index (χ2n) is 4.89. The Labute approximate surface area is 142 Å². The molecule has 1 N–H and O–H groups in total. The molecule has 0 aliphatic heterocycles. The lowest BCUT2D eigenvalue weighted by Crippen LogP contribution is -2.20. The third-order valence-corrected chi connectivity index (χ3v) is 3.01. The predicted octanol–water partition coefficient (Wildman–Crippen LogP) is 1.57. The number of esters is 2. The number of carbonyl (C=O) groups is 3. The zero-order chi connectivity index (χ0) is 18.4. The molecule has 0 atom stereocenters. The number of rotatable bonds is 6. The van der Waals surface area contributed by atoms with E-state index in [0.717, 1.165) is 0 Å². The average molecular weight is 348 g/mol. The molecule has 9 heteroatoms. The van der Waals surface area contributed by atoms with Crippen molar-refractivity contribution in [1.29, 1.82) is 0 Å². The summed E-state index contributed by atoms with van der Waals surface area (Å²) in [6.07, 6.45) is 0. The highest BCUT2D eigenvalue weighted by atomic mass is 16.5. The summed E-state index contributed by atoms with van der Waals surface area (Å²) in [6.45, 7) is 1.32. The maximum Gasteiger partial charge on any atom is 0.338 e. The van der Waals surface area contributed by atoms with Gasteiger partial charge in [-0.1, -0.05) is 5.16 Å². The Morgan fingerprint density at radius 1 is 1.04 bits per heavy atom. The van der Waals surface area contributed by atoms with Crippen LogP contribution in [-0.4, -0.2) is 43.8 Å². The molecule has 0 bridgehead atoms. The van der Waals surface area contributed by atoms with Gasteiger partial charge < -0.3 is 24.1 Å². The highest BCUT2D eigenvalue weighted by molar-refractivity contribution is 5.96. The number of ether oxygens (including phenoxy) is 3. The Morgan fingerprint density at radius 2 is 1.64 bits per heavy atom. The number of nitrogens with zero attached hydrogens (tertiary/aromatic N) is 1. The standard InChI is InChI=1S/C16H16N2O7/c1-9-4-13(18-25-9)17-14(19)8-24-12-6-10(15(20)22-2)5-11(7-12)16(21)23-3/h4-7H,8H2,1-3H3,(H,17,18,19). The lowest BCUT2D eigenvalue weighted by Gasteiger charge is -2.09. The summed E-state index contributed by atoms with van der Waals surface area (Å²) in [4.78, 5) is 35.2. The monoisotopic (exact) mass is 348 g/mol. The van der Waals surface area contributed by atoms with Crippen LogP contribution in [0.3, 0.4) is 0 Å². The predicted molar refractivity (Wildman–Crippen MR) is 84.5 cm³/mol. The van der Waals surface area contributed by atoms with Gasteiger partial charge in [-0.15, -0.1) is 0 Å². The lowest BCUT2D eigenvalue weighted by molar-refractivity contribution is -0.118. The first-order valence-corrected chi connectivity index (χ1v) is 7.10. The van der Waals surface area contributed by atoms with Gasteiger partial charge in [0.25, 0.3) is 5.91 Å². The number of hydrogen-bond acceptors (Lipinski definition) is 8. The Hall–Kier alpha value is -3.36. The van der Waals surface area contributed by atoms with Gasteiger partial charge in [0.2, 0.25) is 0 Å². The number of methoxy groups -OCH3 is 2. The van der Waals surface area contributed by atoms with Gasteiger partial charge in [0.1, 0.15) is 11.5 Å². The fourth-order valence-electron chi connectivity index (χ4n) is 1.91. The molecule has 0 radical (unpaired) electrons. The average Bonchev–Trinajstić information content (AvgIpc) is 3.02. The normalized spacial score (nSPS) is 10.0. The van der Waals surface area contributed by atoms with E-state index in [1.54, 1.807) is 13.0 Å². The molecule has 2 rings (SSSR count). The van der Waals surface area contributed by atoms with Crippen LogP contribution in [0, 0.1) is 6.92 Å². The zero-order valence-corrected chi connectivity index (χ0v) is 13.8. The van der Waals surface area contributed by atoms with Gasteiger partial charge in [-0.05, 0) is 25.1 Å². The highest BCUT2D eigenvalue weighted by Gasteiger charge is 2.15. The summed E-state index contributed by atoms with van der Waals surface area (Å²) in [5.41, 5.74) is 0.181. The van der Waals surface area contributed by atoms with Crippen LogP contribution >= 0.6 is 0 Å². The Balaban J connectivity index is 2.10. The van der Waals surface area contributed by atoms with E-state index in [0.29, 0.717) is 5.76 Å². The molecule has 0 aliphatic carbocycles. The van der Waals surface area contributed by atoms with Gasteiger partial charge in [0.15, 0.2) is 12.4 Å². The van der Waals surface area contributed by atoms with Crippen LogP contribution in [0.1, 0.15) is 26.5 Å². The molecule has 0 saturated heterocycles. The molecule has 1 heterocycles. The van der Waals surface area contributed by atoms with Gasteiger partial charge in [-0.3, -0.25) is 4.79 Å². The van der Waals surface area contributed by atoms with Crippen molar-refractivity contribution in [2.24, 2.45) is 0 Å². The van der Waals surface area contributed by atoms with Gasteiger partial charge >= 0.3 is 11.9 Å². The van der Waals surface area contributed by atoms with E-state index in [1.807, 2.05) is 0 Å². The van der Waals surface area contributed by atoms with Crippen molar-refractivity contribution in [1.82, 2.24) is 5.16 Å². The SMILES string of the molecule is COC(=O)c1cc(OCC(=O)Nc2cc(C)on2)cc(C(=O)OC)c1. The van der Waals surface area contributed by atoms with Gasteiger partial charge in [-0.25, -0.2) is 9.59 Å². The molecular weight excluding hydrogens is 332 g/mol. The summed E-state index contributed by atoms with van der Waals surface area (Å²) < 4.78 is 19.4. The summed E-state index contributed by atoms with van der Waals surface area (Å²) in [7, 11) is 2.42. The van der Waals surface area contributed by atoms with E-state index in [9.17, 15) is 14.4 Å². The van der Waals surface area contributed by atoms with E-state index >= 15 is 0 Å². The topological polar surface area (TPSA) is 117 Å². The maximum absolute atomic E-state index is 11.8. The molecule has 25 heavy (non-hydrogen) atoms. The van der Waals surface area contributed by atoms with E-state index in [-0.39, 0.29) is 29.3 Å². The largest absolute Gasteiger partial charge is 0.484 e. The molecule has 9 nitrogen and oxygen atoms in total. The van der Waals surface area contributed by atoms with Crippen LogP contribution in [0.2, 0.25) is 0 Å². The molecule has 1 aromatic carbocycles. The molecule has 0 fully saturated rings. The second-order valence-corrected chi connectivity index (χ2v) is 4.89. The molecule has 0 saturated carbocycles. The number of hydrogen-bond donors (Lipinski definition) is 1. The van der Waals surface area contributed by atoms with Crippen molar-refractivity contribution in [3.8, 4) is 5.75 Å². The molecule has 1 amide bonds. The minimum absolute atomic E-state index is 0.0907. The molecular formula is C16H16N2O7. The number of nitrogens with one attached hydrogen (secondary N) is 1. The number of amides is 1. The molecule has 0 aliphatic rings. The Bertz CT molecular complexity index is 763. The van der Waals surface area contributed by atoms with Crippen LogP contribution in [0.25, 0.3) is 0 Å². The number of aromatic nitrogens is 1. The first-order chi connectivity index (χ1) is 11.9. The second kappa shape index (κ2) is 7.95. The lowest BCUT2D eigenvalue weighted by atomic mass is 10.1. The minimum atomic E-state index is -0.655. The Kier molecular flexibility index (Phi) is 5.72. The van der Waals surface area contributed by atoms with Crippen molar-refractivity contribution in [3.63, 3.8) is 0 Å². The zero-order valence-electron chi connectivity index (χ0n) is 13.8. The molecule has 132 valence electrons. The maximum atomic E-state index is 11.8. The fraction of sp³-hybridized carbons (Fsp3) is 0.250. The number of carbonyl (C=O) groups excluding carboxylic acids is 3. The van der Waals surface area contributed by atoms with E-state index < -0.39 is 17.8 Å². The fourth-order valence-corrected chi connectivity index (χ4v) is 1.91. The number of aryl methyl sites for hydroxylation is 1. The van der Waals surface area contributed by atoms with Gasteiger partial charge in [0, 0.05) is 6.07 Å². The highest BCUT2D eigenvalue weighted by Crippen LogP contribution is 2.19. The van der Waals surface area contributed by atoms with Gasteiger partial charge in [0.05, 0.1) is 25.3 Å². The van der Waals surface area contributed by atoms with Crippen LogP contribution in [0.4, 0.5) is 5.82 Å². The summed E-state index contributed by atoms with van der Waals surface area (Å²) in [5.74, 6) is -0.864. The van der Waals surface area contributed by atoms with Gasteiger partial charge in [-0.2, -0.15) is 0 Å². The smallest absolute Gasteiger partial charge is 0.338 e. The van der Waals surface area contributed by atoms with Crippen LogP contribution in [0.15, 0.2) is 28.8 Å². The van der Waals surface area contributed by atoms with Crippen molar-refractivity contribution in [2.75, 3.05) is 26.1 Å². The molecule has 2 aromatic rings. The number of benzene rings is 1. The molecule has 0 spiro atoms. The van der Waals surface area contributed by atoms with Crippen molar-refractivity contribution < 1.29 is 33.1 Å². The summed E-state index contributed by atoms with van der Waals surface area (Å²) >= 11 is 0. The van der Waals surface area contributed by atoms with Crippen molar-refractivity contribution >= 4 is 23.7 Å². The number of anilines is 1. The van der Waals surface area contributed by atoms with Crippen LogP contribution in [-0.2, 0) is 14.3 Å². The quantitative estimate of drug-likeness (QED) is 0.782. The van der Waals surface area contributed by atoms with E-state index in [2.05, 4.69) is 19.9 Å². The third-order valence-electron chi connectivity index (χ3n) is 3.01. The molecule has 1 aromatic heterocycles. The van der Waals surface area contributed by atoms with Crippen LogP contribution in [0.5, 0.6) is 5.75 Å². The summed E-state index contributed by atoms with van der Waals surface area (Å²) in [6, 6.07) is 5.56. The third kappa shape index (κ3) is 4.80. The molecule has 0 unspecified atom stereocenters. The van der Waals surface area contributed by atoms with E-state index in [4.69, 9.17) is 9.26 Å². The van der Waals surface area contributed by atoms with E-state index in [1.165, 1.54) is 32.4 Å². The first kappa shape index (κ1) is 18.0. The Morgan fingerprint density at radius 3 is 2.12 bits per heavy atom. The van der Waals surface area contributed by atoms with Crippen LogP contribution < -0.4 is 10.1 Å². The van der Waals surface area contributed by atoms with Crippen molar-refractivity contribution in [3.05, 3.63) is 41.2 Å². The van der Waals surface area contributed by atoms with Crippen molar-refractivity contribution in [2.45, 2.75) is 6.92 Å². The minimum Gasteiger partial charge on any atom is -0.484 e.